The van der Waals surface area contributed by atoms with Gasteiger partial charge in [0.1, 0.15) is 11.9 Å². The highest BCUT2D eigenvalue weighted by Gasteiger charge is 2.11. The topological polar surface area (TPSA) is 89.7 Å². The molecule has 0 saturated heterocycles. The van der Waals surface area contributed by atoms with Gasteiger partial charge in [-0.2, -0.15) is 10.5 Å². The third kappa shape index (κ3) is 2.61. The number of anilines is 2. The van der Waals surface area contributed by atoms with Gasteiger partial charge in [0.15, 0.2) is 0 Å². The average molecular weight is 215 g/mol. The number of nitriles is 2. The summed E-state index contributed by atoms with van der Waals surface area (Å²) in [4.78, 5) is 6.03. The molecule has 0 amide bonds. The molecule has 5 nitrogen and oxygen atoms in total. The van der Waals surface area contributed by atoms with Gasteiger partial charge in [-0.15, -0.1) is 0 Å². The third-order valence-corrected chi connectivity index (χ3v) is 2.18. The summed E-state index contributed by atoms with van der Waals surface area (Å²) in [6.07, 6.45) is 1.93. The van der Waals surface area contributed by atoms with Crippen LogP contribution in [-0.4, -0.2) is 18.1 Å². The molecule has 0 aromatic carbocycles. The van der Waals surface area contributed by atoms with Gasteiger partial charge in [-0.3, -0.25) is 0 Å². The van der Waals surface area contributed by atoms with Crippen molar-refractivity contribution in [2.75, 3.05) is 23.7 Å². The van der Waals surface area contributed by atoms with Gasteiger partial charge >= 0.3 is 0 Å². The summed E-state index contributed by atoms with van der Waals surface area (Å²) in [5.74, 6) is 0.592. The van der Waals surface area contributed by atoms with E-state index in [-0.39, 0.29) is 0 Å². The fourth-order valence-corrected chi connectivity index (χ4v) is 1.41. The number of aromatic nitrogens is 1. The van der Waals surface area contributed by atoms with E-state index < -0.39 is 0 Å². The molecular weight excluding hydrogens is 202 g/mol. The van der Waals surface area contributed by atoms with Gasteiger partial charge in [0.05, 0.1) is 29.9 Å². The van der Waals surface area contributed by atoms with E-state index in [1.54, 1.807) is 6.07 Å². The molecule has 0 aliphatic rings. The van der Waals surface area contributed by atoms with E-state index in [1.807, 2.05) is 11.8 Å². The van der Waals surface area contributed by atoms with Crippen LogP contribution in [0.5, 0.6) is 0 Å². The van der Waals surface area contributed by atoms with Crippen molar-refractivity contribution in [2.24, 2.45) is 0 Å². The van der Waals surface area contributed by atoms with Crippen LogP contribution in [0.25, 0.3) is 0 Å². The zero-order valence-electron chi connectivity index (χ0n) is 9.14. The minimum Gasteiger partial charge on any atom is -0.397 e. The predicted octanol–water partition coefficient (Wildman–Crippen LogP) is 1.28. The SMILES string of the molecule is CCN(CCC#N)c1ncc(N)cc1C#N. The molecule has 0 saturated carbocycles. The molecule has 0 radical (unpaired) electrons. The van der Waals surface area contributed by atoms with Crippen LogP contribution < -0.4 is 10.6 Å². The summed E-state index contributed by atoms with van der Waals surface area (Å²) < 4.78 is 0. The molecule has 1 aromatic rings. The Morgan fingerprint density at radius 2 is 2.25 bits per heavy atom. The molecule has 0 aliphatic heterocycles. The molecule has 0 fully saturated rings. The van der Waals surface area contributed by atoms with Crippen LogP contribution in [0.4, 0.5) is 11.5 Å². The molecule has 1 heterocycles. The van der Waals surface area contributed by atoms with Crippen molar-refractivity contribution >= 4 is 11.5 Å². The second kappa shape index (κ2) is 5.57. The summed E-state index contributed by atoms with van der Waals surface area (Å²) in [5, 5.41) is 17.5. The Morgan fingerprint density at radius 3 is 2.81 bits per heavy atom. The number of nitrogens with zero attached hydrogens (tertiary/aromatic N) is 4. The van der Waals surface area contributed by atoms with E-state index >= 15 is 0 Å². The number of pyridine rings is 1. The Labute approximate surface area is 94.7 Å². The Bertz CT molecular complexity index is 441. The van der Waals surface area contributed by atoms with Crippen LogP contribution in [-0.2, 0) is 0 Å². The quantitative estimate of drug-likeness (QED) is 0.816. The molecular formula is C11H13N5. The molecule has 0 spiro atoms. The first-order valence-corrected chi connectivity index (χ1v) is 5.00. The average Bonchev–Trinajstić information content (AvgIpc) is 2.31. The molecule has 1 aromatic heterocycles. The van der Waals surface area contributed by atoms with Crippen LogP contribution in [0, 0.1) is 22.7 Å². The highest BCUT2D eigenvalue weighted by Crippen LogP contribution is 2.18. The van der Waals surface area contributed by atoms with Gasteiger partial charge in [0.2, 0.25) is 0 Å². The lowest BCUT2D eigenvalue weighted by Gasteiger charge is -2.21. The summed E-state index contributed by atoms with van der Waals surface area (Å²) in [5.41, 5.74) is 6.47. The molecule has 0 aliphatic carbocycles. The van der Waals surface area contributed by atoms with E-state index in [4.69, 9.17) is 16.3 Å². The first kappa shape index (κ1) is 11.8. The number of hydrogen-bond donors (Lipinski definition) is 1. The van der Waals surface area contributed by atoms with E-state index in [1.165, 1.54) is 6.20 Å². The van der Waals surface area contributed by atoms with Crippen LogP contribution in [0.1, 0.15) is 18.9 Å². The van der Waals surface area contributed by atoms with Crippen LogP contribution >= 0.6 is 0 Å². The van der Waals surface area contributed by atoms with Crippen molar-refractivity contribution in [3.63, 3.8) is 0 Å². The van der Waals surface area contributed by atoms with Crippen molar-refractivity contribution in [3.8, 4) is 12.1 Å². The molecule has 16 heavy (non-hydrogen) atoms. The zero-order valence-corrected chi connectivity index (χ0v) is 9.14. The fourth-order valence-electron chi connectivity index (χ4n) is 1.41. The molecule has 0 atom stereocenters. The van der Waals surface area contributed by atoms with E-state index in [0.29, 0.717) is 36.6 Å². The van der Waals surface area contributed by atoms with Gasteiger partial charge in [-0.05, 0) is 13.0 Å². The lowest BCUT2D eigenvalue weighted by atomic mass is 10.2. The summed E-state index contributed by atoms with van der Waals surface area (Å²) in [6.45, 7) is 3.22. The predicted molar refractivity (Wildman–Crippen MR) is 61.5 cm³/mol. The van der Waals surface area contributed by atoms with Gasteiger partial charge in [-0.1, -0.05) is 0 Å². The van der Waals surface area contributed by atoms with Crippen LogP contribution in [0.15, 0.2) is 12.3 Å². The van der Waals surface area contributed by atoms with Crippen molar-refractivity contribution in [1.82, 2.24) is 4.98 Å². The maximum atomic E-state index is 8.98. The Hall–Kier alpha value is -2.27. The smallest absolute Gasteiger partial charge is 0.146 e. The maximum absolute atomic E-state index is 8.98. The number of rotatable bonds is 4. The zero-order chi connectivity index (χ0) is 12.0. The lowest BCUT2D eigenvalue weighted by Crippen LogP contribution is -2.25. The summed E-state index contributed by atoms with van der Waals surface area (Å²) >= 11 is 0. The van der Waals surface area contributed by atoms with Crippen molar-refractivity contribution in [3.05, 3.63) is 17.8 Å². The minimum atomic E-state index is 0.408. The molecule has 0 bridgehead atoms. The fraction of sp³-hybridized carbons (Fsp3) is 0.364. The van der Waals surface area contributed by atoms with Gasteiger partial charge in [-0.25, -0.2) is 4.98 Å². The first-order chi connectivity index (χ1) is 7.72. The normalized spacial score (nSPS) is 9.19. The van der Waals surface area contributed by atoms with E-state index in [2.05, 4.69) is 17.1 Å². The Balaban J connectivity index is 3.01. The van der Waals surface area contributed by atoms with E-state index in [9.17, 15) is 0 Å². The first-order valence-electron chi connectivity index (χ1n) is 5.00. The second-order valence-electron chi connectivity index (χ2n) is 3.24. The molecule has 1 rings (SSSR count). The monoisotopic (exact) mass is 215 g/mol. The molecule has 5 heteroatoms. The van der Waals surface area contributed by atoms with Gasteiger partial charge < -0.3 is 10.6 Å². The maximum Gasteiger partial charge on any atom is 0.146 e. The van der Waals surface area contributed by atoms with Crippen LogP contribution in [0.3, 0.4) is 0 Å². The number of nitrogens with two attached hydrogens (primary N) is 1. The summed E-state index contributed by atoms with van der Waals surface area (Å²) in [7, 11) is 0. The van der Waals surface area contributed by atoms with Crippen LogP contribution in [0.2, 0.25) is 0 Å². The third-order valence-electron chi connectivity index (χ3n) is 2.18. The minimum absolute atomic E-state index is 0.408. The second-order valence-corrected chi connectivity index (χ2v) is 3.24. The highest BCUT2D eigenvalue weighted by molar-refractivity contribution is 5.58. The Kier molecular flexibility index (Phi) is 4.11. The summed E-state index contributed by atoms with van der Waals surface area (Å²) in [6, 6.07) is 5.73. The highest BCUT2D eigenvalue weighted by atomic mass is 15.2. The van der Waals surface area contributed by atoms with Crippen molar-refractivity contribution < 1.29 is 0 Å². The van der Waals surface area contributed by atoms with Gasteiger partial charge in [0, 0.05) is 13.1 Å². The number of hydrogen-bond acceptors (Lipinski definition) is 5. The Morgan fingerprint density at radius 1 is 1.50 bits per heavy atom. The molecule has 2 N–H and O–H groups in total. The van der Waals surface area contributed by atoms with Crippen molar-refractivity contribution in [1.29, 1.82) is 10.5 Å². The molecule has 0 unspecified atom stereocenters. The van der Waals surface area contributed by atoms with Crippen molar-refractivity contribution in [2.45, 2.75) is 13.3 Å². The largest absolute Gasteiger partial charge is 0.397 e. The number of nitrogen functional groups attached to an aromatic ring is 1. The van der Waals surface area contributed by atoms with E-state index in [0.717, 1.165) is 0 Å². The molecule has 82 valence electrons. The lowest BCUT2D eigenvalue weighted by molar-refractivity contribution is 0.809. The van der Waals surface area contributed by atoms with Gasteiger partial charge in [0.25, 0.3) is 0 Å². The standard InChI is InChI=1S/C11H13N5/c1-2-16(5-3-4-12)11-9(7-13)6-10(14)8-15-11/h6,8H,2-3,5,14H2,1H3.